The van der Waals surface area contributed by atoms with Crippen LogP contribution in [0.4, 0.5) is 0 Å². The Morgan fingerprint density at radius 1 is 1.50 bits per heavy atom. The summed E-state index contributed by atoms with van der Waals surface area (Å²) < 4.78 is 16.6. The Hall–Kier alpha value is -2.41. The first kappa shape index (κ1) is 15.1. The van der Waals surface area contributed by atoms with Crippen LogP contribution in [-0.2, 0) is 4.74 Å². The number of pyridine rings is 1. The van der Waals surface area contributed by atoms with Crippen LogP contribution in [0, 0.1) is 18.3 Å². The first-order chi connectivity index (χ1) is 11.7. The van der Waals surface area contributed by atoms with Gasteiger partial charge in [0, 0.05) is 37.3 Å². The minimum absolute atomic E-state index is 0.0986. The van der Waals surface area contributed by atoms with Crippen molar-refractivity contribution in [1.29, 1.82) is 0 Å². The molecular formula is C17H19N3O4. The zero-order chi connectivity index (χ0) is 16.6. The van der Waals surface area contributed by atoms with Gasteiger partial charge in [-0.2, -0.15) is 0 Å². The Morgan fingerprint density at radius 3 is 3.17 bits per heavy atom. The molecule has 4 rings (SSSR count). The Balaban J connectivity index is 1.47. The first-order valence-corrected chi connectivity index (χ1v) is 8.00. The van der Waals surface area contributed by atoms with E-state index in [0.717, 1.165) is 0 Å². The van der Waals surface area contributed by atoms with Gasteiger partial charge in [0.15, 0.2) is 5.69 Å². The third kappa shape index (κ3) is 2.65. The Labute approximate surface area is 139 Å². The van der Waals surface area contributed by atoms with Crippen molar-refractivity contribution in [3.63, 3.8) is 0 Å². The van der Waals surface area contributed by atoms with E-state index in [0.29, 0.717) is 50.2 Å². The molecular weight excluding hydrogens is 310 g/mol. The van der Waals surface area contributed by atoms with E-state index < -0.39 is 0 Å². The molecule has 7 nitrogen and oxygen atoms in total. The Morgan fingerprint density at radius 2 is 2.42 bits per heavy atom. The number of hydrogen-bond donors (Lipinski definition) is 0. The average molecular weight is 329 g/mol. The van der Waals surface area contributed by atoms with E-state index in [9.17, 15) is 4.79 Å². The van der Waals surface area contributed by atoms with Crippen LogP contribution in [-0.4, -0.2) is 53.9 Å². The van der Waals surface area contributed by atoms with Crippen LogP contribution in [0.3, 0.4) is 0 Å². The van der Waals surface area contributed by atoms with Crippen molar-refractivity contribution in [2.24, 2.45) is 11.3 Å². The van der Waals surface area contributed by atoms with Crippen LogP contribution in [0.1, 0.15) is 16.2 Å². The molecule has 4 heterocycles. The molecule has 0 radical (unpaired) electrons. The number of carbonyl (C=O) groups excluding carboxylic acids is 1. The van der Waals surface area contributed by atoms with Crippen molar-refractivity contribution >= 4 is 5.91 Å². The number of hydrogen-bond acceptors (Lipinski definition) is 6. The minimum atomic E-state index is -0.189. The minimum Gasteiger partial charge on any atom is -0.477 e. The van der Waals surface area contributed by atoms with Crippen LogP contribution in [0.2, 0.25) is 0 Å². The quantitative estimate of drug-likeness (QED) is 0.847. The highest BCUT2D eigenvalue weighted by Crippen LogP contribution is 2.42. The molecule has 0 aliphatic carbocycles. The average Bonchev–Trinajstić information content (AvgIpc) is 3.27. The molecule has 2 aliphatic rings. The molecule has 2 saturated heterocycles. The molecule has 7 heteroatoms. The van der Waals surface area contributed by atoms with Crippen molar-refractivity contribution in [2.45, 2.75) is 6.92 Å². The summed E-state index contributed by atoms with van der Waals surface area (Å²) in [6, 6.07) is 7.24. The molecule has 0 saturated carbocycles. The van der Waals surface area contributed by atoms with Crippen LogP contribution < -0.4 is 4.74 Å². The molecule has 1 amide bonds. The van der Waals surface area contributed by atoms with Gasteiger partial charge >= 0.3 is 0 Å². The standard InChI is InChI=1S/C17H19N3O4/c1-12-6-14(19-24-12)16(21)20-7-13-8-22-10-17(13,9-20)11-23-15-4-2-3-5-18-15/h2-6,13H,7-11H2,1H3/t13-,17+/m1/s1. The summed E-state index contributed by atoms with van der Waals surface area (Å²) in [4.78, 5) is 18.6. The molecule has 0 aromatic carbocycles. The highest BCUT2D eigenvalue weighted by Gasteiger charge is 2.52. The normalized spacial score (nSPS) is 25.7. The second-order valence-corrected chi connectivity index (χ2v) is 6.54. The van der Waals surface area contributed by atoms with Gasteiger partial charge in [0.25, 0.3) is 5.91 Å². The fraction of sp³-hybridized carbons (Fsp3) is 0.471. The summed E-state index contributed by atoms with van der Waals surface area (Å²) in [5.74, 6) is 1.39. The number of likely N-dealkylation sites (tertiary alicyclic amines) is 1. The molecule has 126 valence electrons. The number of aromatic nitrogens is 2. The number of aryl methyl sites for hydroxylation is 1. The van der Waals surface area contributed by atoms with Gasteiger partial charge in [0.2, 0.25) is 5.88 Å². The van der Waals surface area contributed by atoms with Crippen LogP contribution >= 0.6 is 0 Å². The molecule has 0 N–H and O–H groups in total. The smallest absolute Gasteiger partial charge is 0.276 e. The van der Waals surface area contributed by atoms with E-state index in [-0.39, 0.29) is 17.2 Å². The lowest BCUT2D eigenvalue weighted by Crippen LogP contribution is -2.38. The lowest BCUT2D eigenvalue weighted by Gasteiger charge is -2.26. The van der Waals surface area contributed by atoms with E-state index in [1.54, 1.807) is 19.2 Å². The second kappa shape index (κ2) is 5.90. The molecule has 0 unspecified atom stereocenters. The number of nitrogens with zero attached hydrogens (tertiary/aromatic N) is 3. The number of ether oxygens (including phenoxy) is 2. The highest BCUT2D eigenvalue weighted by atomic mass is 16.5. The van der Waals surface area contributed by atoms with E-state index in [2.05, 4.69) is 10.1 Å². The molecule has 2 aliphatic heterocycles. The zero-order valence-electron chi connectivity index (χ0n) is 13.5. The summed E-state index contributed by atoms with van der Waals surface area (Å²) in [6.07, 6.45) is 1.70. The Kier molecular flexibility index (Phi) is 3.72. The van der Waals surface area contributed by atoms with Gasteiger partial charge in [-0.3, -0.25) is 4.79 Å². The maximum Gasteiger partial charge on any atom is 0.276 e. The number of rotatable bonds is 4. The zero-order valence-corrected chi connectivity index (χ0v) is 13.5. The lowest BCUT2D eigenvalue weighted by atomic mass is 9.82. The number of fused-ring (bicyclic) bond motifs is 1. The maximum absolute atomic E-state index is 12.6. The third-order valence-corrected chi connectivity index (χ3v) is 4.80. The molecule has 2 aromatic heterocycles. The van der Waals surface area contributed by atoms with Crippen LogP contribution in [0.5, 0.6) is 5.88 Å². The summed E-state index contributed by atoms with van der Waals surface area (Å²) >= 11 is 0. The molecule has 2 aromatic rings. The topological polar surface area (TPSA) is 77.7 Å². The Bertz CT molecular complexity index is 732. The summed E-state index contributed by atoms with van der Waals surface area (Å²) in [6.45, 7) is 4.74. The SMILES string of the molecule is Cc1cc(C(=O)N2C[C@@H]3COC[C@]3(COc3ccccn3)C2)no1. The fourth-order valence-corrected chi connectivity index (χ4v) is 3.47. The van der Waals surface area contributed by atoms with Gasteiger partial charge in [-0.15, -0.1) is 0 Å². The first-order valence-electron chi connectivity index (χ1n) is 8.00. The predicted molar refractivity (Wildman–Crippen MR) is 83.6 cm³/mol. The third-order valence-electron chi connectivity index (χ3n) is 4.80. The molecule has 0 spiro atoms. The summed E-state index contributed by atoms with van der Waals surface area (Å²) in [7, 11) is 0. The van der Waals surface area contributed by atoms with Crippen molar-refractivity contribution in [1.82, 2.24) is 15.0 Å². The van der Waals surface area contributed by atoms with Crippen molar-refractivity contribution in [3.8, 4) is 5.88 Å². The van der Waals surface area contributed by atoms with E-state index >= 15 is 0 Å². The van der Waals surface area contributed by atoms with Gasteiger partial charge in [-0.1, -0.05) is 11.2 Å². The fourth-order valence-electron chi connectivity index (χ4n) is 3.47. The summed E-state index contributed by atoms with van der Waals surface area (Å²) in [5.41, 5.74) is 0.167. The van der Waals surface area contributed by atoms with Gasteiger partial charge < -0.3 is 18.9 Å². The van der Waals surface area contributed by atoms with E-state index in [4.69, 9.17) is 14.0 Å². The summed E-state index contributed by atoms with van der Waals surface area (Å²) in [5, 5.41) is 3.83. The van der Waals surface area contributed by atoms with Gasteiger partial charge in [0.05, 0.1) is 25.2 Å². The van der Waals surface area contributed by atoms with Gasteiger partial charge in [-0.05, 0) is 13.0 Å². The number of carbonyl (C=O) groups is 1. The van der Waals surface area contributed by atoms with E-state index in [1.807, 2.05) is 23.1 Å². The maximum atomic E-state index is 12.6. The highest BCUT2D eigenvalue weighted by molar-refractivity contribution is 5.92. The molecule has 0 bridgehead atoms. The van der Waals surface area contributed by atoms with Crippen LogP contribution in [0.25, 0.3) is 0 Å². The van der Waals surface area contributed by atoms with Crippen molar-refractivity contribution in [2.75, 3.05) is 32.9 Å². The second-order valence-electron chi connectivity index (χ2n) is 6.54. The van der Waals surface area contributed by atoms with Gasteiger partial charge in [0.1, 0.15) is 5.76 Å². The number of amides is 1. The van der Waals surface area contributed by atoms with Crippen LogP contribution in [0.15, 0.2) is 35.0 Å². The monoisotopic (exact) mass is 329 g/mol. The van der Waals surface area contributed by atoms with Crippen molar-refractivity contribution < 1.29 is 18.8 Å². The molecule has 2 fully saturated rings. The predicted octanol–water partition coefficient (Wildman–Crippen LogP) is 1.55. The molecule has 24 heavy (non-hydrogen) atoms. The molecule has 2 atom stereocenters. The van der Waals surface area contributed by atoms with Gasteiger partial charge in [-0.25, -0.2) is 4.98 Å². The largest absolute Gasteiger partial charge is 0.477 e. The lowest BCUT2D eigenvalue weighted by molar-refractivity contribution is 0.0647. The van der Waals surface area contributed by atoms with Crippen molar-refractivity contribution in [3.05, 3.63) is 41.9 Å². The van der Waals surface area contributed by atoms with E-state index in [1.165, 1.54) is 0 Å².